The Morgan fingerprint density at radius 2 is 1.64 bits per heavy atom. The van der Waals surface area contributed by atoms with Crippen molar-refractivity contribution in [2.24, 2.45) is 5.92 Å². The van der Waals surface area contributed by atoms with Gasteiger partial charge in [-0.1, -0.05) is 20.8 Å². The summed E-state index contributed by atoms with van der Waals surface area (Å²) in [5.41, 5.74) is 0. The lowest BCUT2D eigenvalue weighted by molar-refractivity contribution is -0.127. The molecule has 0 spiro atoms. The van der Waals surface area contributed by atoms with Gasteiger partial charge in [-0.05, 0) is 39.5 Å². The molecule has 0 aromatic heterocycles. The van der Waals surface area contributed by atoms with Gasteiger partial charge in [-0.15, -0.1) is 0 Å². The molecule has 0 saturated heterocycles. The molecule has 2 N–H and O–H groups in total. The van der Waals surface area contributed by atoms with E-state index in [-0.39, 0.29) is 45.7 Å². The Kier molecular flexibility index (Phi) is 15.6. The molecule has 1 saturated carbocycles. The molecule has 0 aromatic rings. The van der Waals surface area contributed by atoms with E-state index in [0.29, 0.717) is 32.0 Å². The van der Waals surface area contributed by atoms with Crippen LogP contribution in [0.2, 0.25) is 0 Å². The van der Waals surface area contributed by atoms with Crippen LogP contribution < -0.4 is 10.6 Å². The molecule has 0 bridgehead atoms. The van der Waals surface area contributed by atoms with Crippen molar-refractivity contribution >= 4 is 17.6 Å². The maximum atomic E-state index is 11.9. The quantitative estimate of drug-likeness (QED) is 0.488. The summed E-state index contributed by atoms with van der Waals surface area (Å²) in [4.78, 5) is 35.3. The van der Waals surface area contributed by atoms with E-state index in [4.69, 9.17) is 9.47 Å². The summed E-state index contributed by atoms with van der Waals surface area (Å²) in [6, 6.07) is 0.101. The fourth-order valence-electron chi connectivity index (χ4n) is 3.00. The monoisotopic (exact) mass is 404 g/mol. The van der Waals surface area contributed by atoms with Crippen LogP contribution in [0.15, 0.2) is 0 Å². The Balaban J connectivity index is -0.00000176. The van der Waals surface area contributed by atoms with Crippen LogP contribution in [-0.2, 0) is 23.9 Å². The molecule has 0 atom stereocenters. The van der Waals surface area contributed by atoms with Gasteiger partial charge >= 0.3 is 0 Å². The normalized spacial score (nSPS) is 18.8. The summed E-state index contributed by atoms with van der Waals surface area (Å²) in [6.45, 7) is 11.0. The number of rotatable bonds is 12. The first-order chi connectivity index (χ1) is 13.4. The fourth-order valence-corrected chi connectivity index (χ4v) is 3.00. The van der Waals surface area contributed by atoms with Gasteiger partial charge in [-0.3, -0.25) is 14.4 Å². The van der Waals surface area contributed by atoms with Crippen LogP contribution in [0.5, 0.6) is 0 Å². The molecule has 0 radical (unpaired) electrons. The van der Waals surface area contributed by atoms with Crippen LogP contribution in [0.1, 0.15) is 76.0 Å². The second-order valence-electron chi connectivity index (χ2n) is 6.99. The van der Waals surface area contributed by atoms with Crippen LogP contribution in [0.4, 0.5) is 0 Å². The Hall–Kier alpha value is -1.47. The first-order valence-corrected chi connectivity index (χ1v) is 10.7. The average molecular weight is 405 g/mol. The molecule has 28 heavy (non-hydrogen) atoms. The molecule has 2 amide bonds. The van der Waals surface area contributed by atoms with Gasteiger partial charge in [0.15, 0.2) is 0 Å². The summed E-state index contributed by atoms with van der Waals surface area (Å²) < 4.78 is 10.6. The molecule has 7 nitrogen and oxygen atoms in total. The first kappa shape index (κ1) is 26.5. The van der Waals surface area contributed by atoms with Gasteiger partial charge in [0.05, 0.1) is 32.5 Å². The third kappa shape index (κ3) is 12.8. The number of amides is 2. The number of Topliss-reactive ketones (excluding diaryl/α,β-unsaturated/α-hetero) is 1. The predicted octanol–water partition coefficient (Wildman–Crippen LogP) is 3.11. The van der Waals surface area contributed by atoms with E-state index >= 15 is 0 Å². The van der Waals surface area contributed by atoms with E-state index in [2.05, 4.69) is 10.6 Å². The Bertz CT molecular complexity index is 457. The highest BCUT2D eigenvalue weighted by Crippen LogP contribution is 2.25. The van der Waals surface area contributed by atoms with Crippen molar-refractivity contribution < 1.29 is 26.7 Å². The number of ketones is 1. The van der Waals surface area contributed by atoms with Gasteiger partial charge in [0.2, 0.25) is 11.8 Å². The Morgan fingerprint density at radius 3 is 2.21 bits per heavy atom. The number of ether oxygens (including phenoxy) is 2. The predicted molar refractivity (Wildman–Crippen MR) is 114 cm³/mol. The second-order valence-corrected chi connectivity index (χ2v) is 6.99. The zero-order valence-electron chi connectivity index (χ0n) is 18.3. The largest absolute Gasteiger partial charge is 0.379 e. The Morgan fingerprint density at radius 1 is 1.00 bits per heavy atom. The van der Waals surface area contributed by atoms with Crippen LogP contribution in [0, 0.1) is 5.92 Å². The van der Waals surface area contributed by atoms with E-state index in [1.54, 1.807) is 0 Å². The number of carbonyl (C=O) groups excluding carboxylic acids is 3. The van der Waals surface area contributed by atoms with Crippen LogP contribution in [0.3, 0.4) is 0 Å². The van der Waals surface area contributed by atoms with Crippen molar-refractivity contribution in [3.63, 3.8) is 0 Å². The number of carbonyl (C=O) groups is 3. The fraction of sp³-hybridized carbons (Fsp3) is 0.857. The van der Waals surface area contributed by atoms with E-state index in [9.17, 15) is 14.4 Å². The van der Waals surface area contributed by atoms with Gasteiger partial charge in [0.25, 0.3) is 0 Å². The van der Waals surface area contributed by atoms with Gasteiger partial charge in [-0.2, -0.15) is 0 Å². The summed E-state index contributed by atoms with van der Waals surface area (Å²) in [6.07, 6.45) is 4.29. The SMILES string of the molecule is CC.CCC(=O)C1CCC(NC(=O)CNC(=O)CCOCCOC(C)C)CC1.[HH].[HH]. The Labute approximate surface area is 173 Å². The number of hydrogen-bond acceptors (Lipinski definition) is 5. The first-order valence-electron chi connectivity index (χ1n) is 10.7. The van der Waals surface area contributed by atoms with Gasteiger partial charge in [-0.25, -0.2) is 0 Å². The highest BCUT2D eigenvalue weighted by molar-refractivity contribution is 5.85. The van der Waals surface area contributed by atoms with Crippen LogP contribution in [0.25, 0.3) is 0 Å². The summed E-state index contributed by atoms with van der Waals surface area (Å²) in [5, 5.41) is 5.53. The van der Waals surface area contributed by atoms with E-state index in [1.165, 1.54) is 0 Å². The minimum absolute atomic E-state index is 0. The maximum Gasteiger partial charge on any atom is 0.239 e. The molecule has 0 aromatic carbocycles. The minimum atomic E-state index is -0.206. The van der Waals surface area contributed by atoms with E-state index in [1.807, 2.05) is 34.6 Å². The average Bonchev–Trinajstić information content (AvgIpc) is 2.70. The van der Waals surface area contributed by atoms with Crippen LogP contribution >= 0.6 is 0 Å². The molecule has 7 heteroatoms. The lowest BCUT2D eigenvalue weighted by Crippen LogP contribution is -2.43. The molecule has 1 rings (SSSR count). The lowest BCUT2D eigenvalue weighted by Gasteiger charge is -2.28. The number of hydrogen-bond donors (Lipinski definition) is 2. The van der Waals surface area contributed by atoms with E-state index < -0.39 is 0 Å². The lowest BCUT2D eigenvalue weighted by atomic mass is 9.83. The van der Waals surface area contributed by atoms with Gasteiger partial charge in [0, 0.05) is 27.7 Å². The zero-order chi connectivity index (χ0) is 21.4. The topological polar surface area (TPSA) is 93.7 Å². The standard InChI is InChI=1S/C19H34N2O5.C2H6.2H2/c1-4-17(22)15-5-7-16(8-6-15)21-19(24)13-20-18(23)9-10-25-11-12-26-14(2)3;1-2;;/h14-16H,4-13H2,1-3H3,(H,20,23)(H,21,24);1-2H3;2*1H. The van der Waals surface area contributed by atoms with Crippen molar-refractivity contribution in [1.82, 2.24) is 10.6 Å². The molecule has 1 fully saturated rings. The highest BCUT2D eigenvalue weighted by Gasteiger charge is 2.25. The van der Waals surface area contributed by atoms with Crippen molar-refractivity contribution in [3.05, 3.63) is 0 Å². The smallest absolute Gasteiger partial charge is 0.239 e. The number of nitrogens with one attached hydrogen (secondary N) is 2. The molecule has 1 aliphatic carbocycles. The summed E-state index contributed by atoms with van der Waals surface area (Å²) in [5.74, 6) is 0.0795. The summed E-state index contributed by atoms with van der Waals surface area (Å²) >= 11 is 0. The van der Waals surface area contributed by atoms with Crippen molar-refractivity contribution in [3.8, 4) is 0 Å². The van der Waals surface area contributed by atoms with Gasteiger partial charge < -0.3 is 20.1 Å². The van der Waals surface area contributed by atoms with Gasteiger partial charge in [0.1, 0.15) is 5.78 Å². The van der Waals surface area contributed by atoms with Crippen molar-refractivity contribution in [1.29, 1.82) is 0 Å². The zero-order valence-corrected chi connectivity index (χ0v) is 18.3. The highest BCUT2D eigenvalue weighted by atomic mass is 16.5. The van der Waals surface area contributed by atoms with E-state index in [0.717, 1.165) is 25.7 Å². The maximum absolute atomic E-state index is 11.9. The molecule has 0 aliphatic heterocycles. The molecule has 0 heterocycles. The van der Waals surface area contributed by atoms with Crippen molar-refractivity contribution in [2.75, 3.05) is 26.4 Å². The molecular weight excluding hydrogens is 360 g/mol. The molecule has 0 unspecified atom stereocenters. The minimum Gasteiger partial charge on any atom is -0.379 e. The third-order valence-electron chi connectivity index (χ3n) is 4.49. The molecular formula is C21H44N2O5. The summed E-state index contributed by atoms with van der Waals surface area (Å²) in [7, 11) is 0. The second kappa shape index (κ2) is 16.5. The molecule has 1 aliphatic rings. The molecule has 168 valence electrons. The van der Waals surface area contributed by atoms with Crippen molar-refractivity contribution in [2.45, 2.75) is 85.3 Å². The van der Waals surface area contributed by atoms with Crippen LogP contribution in [-0.4, -0.2) is 56.1 Å². The third-order valence-corrected chi connectivity index (χ3v) is 4.49.